The van der Waals surface area contributed by atoms with E-state index in [-0.39, 0.29) is 0 Å². The van der Waals surface area contributed by atoms with Crippen molar-refractivity contribution in [3.05, 3.63) is 34.5 Å². The van der Waals surface area contributed by atoms with Crippen molar-refractivity contribution in [2.24, 2.45) is 7.05 Å². The van der Waals surface area contributed by atoms with Crippen LogP contribution in [-0.4, -0.2) is 9.55 Å². The molecule has 2 rings (SSSR count). The van der Waals surface area contributed by atoms with Crippen molar-refractivity contribution in [1.82, 2.24) is 9.55 Å². The van der Waals surface area contributed by atoms with E-state index in [9.17, 15) is 0 Å². The number of nitrogens with two attached hydrogens (primary N) is 1. The summed E-state index contributed by atoms with van der Waals surface area (Å²) in [5, 5.41) is 0.457. The van der Waals surface area contributed by atoms with Crippen LogP contribution in [0, 0.1) is 6.92 Å². The molecule has 0 amide bonds. The molecule has 1 heterocycles. The Morgan fingerprint density at radius 3 is 2.50 bits per heavy atom. The summed E-state index contributed by atoms with van der Waals surface area (Å²) in [6.45, 7) is 6.42. The molecule has 0 saturated heterocycles. The molecule has 0 aliphatic rings. The maximum atomic E-state index is 6.18. The van der Waals surface area contributed by atoms with Gasteiger partial charge in [0.25, 0.3) is 0 Å². The Hall–Kier alpha value is -1.48. The molecule has 18 heavy (non-hydrogen) atoms. The lowest BCUT2D eigenvalue weighted by Crippen LogP contribution is -2.00. The quantitative estimate of drug-likeness (QED) is 0.897. The first kappa shape index (κ1) is 13.0. The normalized spacial score (nSPS) is 11.2. The third kappa shape index (κ3) is 2.10. The third-order valence-electron chi connectivity index (χ3n) is 3.27. The molecule has 1 aromatic heterocycles. The molecule has 2 aromatic rings. The summed E-state index contributed by atoms with van der Waals surface area (Å²) in [7, 11) is 1.88. The van der Waals surface area contributed by atoms with E-state index >= 15 is 0 Å². The highest BCUT2D eigenvalue weighted by Crippen LogP contribution is 2.33. The van der Waals surface area contributed by atoms with Crippen LogP contribution in [0.5, 0.6) is 0 Å². The van der Waals surface area contributed by atoms with Gasteiger partial charge in [0.05, 0.1) is 5.69 Å². The summed E-state index contributed by atoms with van der Waals surface area (Å²) < 4.78 is 1.83. The van der Waals surface area contributed by atoms with Gasteiger partial charge in [-0.2, -0.15) is 0 Å². The van der Waals surface area contributed by atoms with Gasteiger partial charge in [-0.05, 0) is 30.0 Å². The van der Waals surface area contributed by atoms with Gasteiger partial charge in [-0.25, -0.2) is 4.98 Å². The van der Waals surface area contributed by atoms with Crippen molar-refractivity contribution in [2.75, 3.05) is 5.73 Å². The topological polar surface area (TPSA) is 43.8 Å². The van der Waals surface area contributed by atoms with E-state index in [1.54, 1.807) is 0 Å². The number of hydrogen-bond acceptors (Lipinski definition) is 2. The number of imidazole rings is 1. The predicted molar refractivity (Wildman–Crippen MR) is 76.9 cm³/mol. The minimum atomic E-state index is 0.435. The Bertz CT molecular complexity index is 585. The largest absolute Gasteiger partial charge is 0.369 e. The van der Waals surface area contributed by atoms with Crippen molar-refractivity contribution in [3.63, 3.8) is 0 Å². The molecule has 2 N–H and O–H groups in total. The van der Waals surface area contributed by atoms with E-state index in [4.69, 9.17) is 17.3 Å². The lowest BCUT2D eigenvalue weighted by Gasteiger charge is -2.12. The van der Waals surface area contributed by atoms with E-state index < -0.39 is 0 Å². The van der Waals surface area contributed by atoms with Gasteiger partial charge in [-0.1, -0.05) is 37.6 Å². The Morgan fingerprint density at radius 1 is 1.33 bits per heavy atom. The number of hydrogen-bond donors (Lipinski definition) is 1. The molecular weight excluding hydrogens is 246 g/mol. The molecule has 0 aliphatic heterocycles. The zero-order valence-corrected chi connectivity index (χ0v) is 11.9. The second-order valence-corrected chi connectivity index (χ2v) is 5.26. The van der Waals surface area contributed by atoms with Gasteiger partial charge in [-0.3, -0.25) is 0 Å². The van der Waals surface area contributed by atoms with Crippen LogP contribution >= 0.6 is 11.6 Å². The van der Waals surface area contributed by atoms with Crippen molar-refractivity contribution >= 4 is 17.5 Å². The average molecular weight is 264 g/mol. The SMILES string of the molecule is Cc1ccc(C(C)C)cc1-c1c(Cl)nc(N)n1C. The predicted octanol–water partition coefficient (Wildman–Crippen LogP) is 3.75. The molecule has 0 aliphatic carbocycles. The zero-order chi connectivity index (χ0) is 13.4. The standard InChI is InChI=1S/C14H18ClN3/c1-8(2)10-6-5-9(3)11(7-10)12-13(15)17-14(16)18(12)4/h5-8H,1-4H3,(H2,16,17). The van der Waals surface area contributed by atoms with Crippen LogP contribution in [0.1, 0.15) is 30.9 Å². The molecule has 0 unspecified atom stereocenters. The second-order valence-electron chi connectivity index (χ2n) is 4.90. The minimum Gasteiger partial charge on any atom is -0.369 e. The van der Waals surface area contributed by atoms with Gasteiger partial charge in [0.2, 0.25) is 5.95 Å². The van der Waals surface area contributed by atoms with Crippen LogP contribution in [0.4, 0.5) is 5.95 Å². The number of aryl methyl sites for hydroxylation is 1. The molecule has 0 fully saturated rings. The minimum absolute atomic E-state index is 0.435. The summed E-state index contributed by atoms with van der Waals surface area (Å²) in [5.74, 6) is 0.915. The lowest BCUT2D eigenvalue weighted by atomic mass is 9.96. The van der Waals surface area contributed by atoms with Crippen LogP contribution in [0.3, 0.4) is 0 Å². The summed E-state index contributed by atoms with van der Waals surface area (Å²) in [4.78, 5) is 4.11. The summed E-state index contributed by atoms with van der Waals surface area (Å²) in [6.07, 6.45) is 0. The molecule has 0 bridgehead atoms. The van der Waals surface area contributed by atoms with Gasteiger partial charge in [-0.15, -0.1) is 0 Å². The highest BCUT2D eigenvalue weighted by molar-refractivity contribution is 6.32. The van der Waals surface area contributed by atoms with Gasteiger partial charge in [0.1, 0.15) is 0 Å². The number of rotatable bonds is 2. The smallest absolute Gasteiger partial charge is 0.201 e. The highest BCUT2D eigenvalue weighted by atomic mass is 35.5. The molecule has 96 valence electrons. The first-order chi connectivity index (χ1) is 8.41. The number of anilines is 1. The van der Waals surface area contributed by atoms with Crippen molar-refractivity contribution in [2.45, 2.75) is 26.7 Å². The molecule has 0 atom stereocenters. The fraction of sp³-hybridized carbons (Fsp3) is 0.357. The molecule has 4 heteroatoms. The molecule has 0 saturated carbocycles. The first-order valence-corrected chi connectivity index (χ1v) is 6.38. The molecule has 0 spiro atoms. The van der Waals surface area contributed by atoms with E-state index in [1.165, 1.54) is 11.1 Å². The van der Waals surface area contributed by atoms with Gasteiger partial charge in [0, 0.05) is 12.6 Å². The molecule has 0 radical (unpaired) electrons. The maximum absolute atomic E-state index is 6.18. The van der Waals surface area contributed by atoms with Crippen LogP contribution in [0.15, 0.2) is 18.2 Å². The highest BCUT2D eigenvalue weighted by Gasteiger charge is 2.15. The van der Waals surface area contributed by atoms with Crippen LogP contribution in [-0.2, 0) is 7.05 Å². The number of nitrogens with zero attached hydrogens (tertiary/aromatic N) is 2. The first-order valence-electron chi connectivity index (χ1n) is 6.00. The summed E-state index contributed by atoms with van der Waals surface area (Å²) in [5.41, 5.74) is 10.2. The van der Waals surface area contributed by atoms with Gasteiger partial charge < -0.3 is 10.3 Å². The fourth-order valence-corrected chi connectivity index (χ4v) is 2.34. The number of nitrogen functional groups attached to an aromatic ring is 1. The average Bonchev–Trinajstić information content (AvgIpc) is 2.54. The lowest BCUT2D eigenvalue weighted by molar-refractivity contribution is 0.865. The number of benzene rings is 1. The van der Waals surface area contributed by atoms with E-state index in [0.717, 1.165) is 11.3 Å². The van der Waals surface area contributed by atoms with Gasteiger partial charge in [0.15, 0.2) is 5.15 Å². The summed E-state index contributed by atoms with van der Waals surface area (Å²) >= 11 is 6.18. The van der Waals surface area contributed by atoms with Crippen LogP contribution in [0.25, 0.3) is 11.3 Å². The van der Waals surface area contributed by atoms with E-state index in [1.807, 2.05) is 11.6 Å². The van der Waals surface area contributed by atoms with Crippen LogP contribution in [0.2, 0.25) is 5.15 Å². The van der Waals surface area contributed by atoms with E-state index in [0.29, 0.717) is 17.0 Å². The Labute approximate surface area is 113 Å². The van der Waals surface area contributed by atoms with Gasteiger partial charge >= 0.3 is 0 Å². The molecule has 3 nitrogen and oxygen atoms in total. The van der Waals surface area contributed by atoms with E-state index in [2.05, 4.69) is 44.0 Å². The molecule has 1 aromatic carbocycles. The summed E-state index contributed by atoms with van der Waals surface area (Å²) in [6, 6.07) is 6.43. The van der Waals surface area contributed by atoms with Crippen molar-refractivity contribution < 1.29 is 0 Å². The fourth-order valence-electron chi connectivity index (χ4n) is 2.03. The zero-order valence-electron chi connectivity index (χ0n) is 11.2. The third-order valence-corrected chi connectivity index (χ3v) is 3.53. The monoisotopic (exact) mass is 263 g/mol. The molecular formula is C14H18ClN3. The second kappa shape index (κ2) is 4.65. The Kier molecular flexibility index (Phi) is 3.35. The number of aromatic nitrogens is 2. The number of halogens is 1. The van der Waals surface area contributed by atoms with Crippen molar-refractivity contribution in [3.8, 4) is 11.3 Å². The Balaban J connectivity index is 2.66. The van der Waals surface area contributed by atoms with Crippen molar-refractivity contribution in [1.29, 1.82) is 0 Å². The maximum Gasteiger partial charge on any atom is 0.201 e. The Morgan fingerprint density at radius 2 is 2.00 bits per heavy atom. The van der Waals surface area contributed by atoms with Crippen LogP contribution < -0.4 is 5.73 Å².